The largest absolute Gasteiger partial charge is 0.493 e. The Morgan fingerprint density at radius 1 is 1.29 bits per heavy atom. The number of hydrogen-bond acceptors (Lipinski definition) is 3. The van der Waals surface area contributed by atoms with Gasteiger partial charge in [-0.2, -0.15) is 0 Å². The summed E-state index contributed by atoms with van der Waals surface area (Å²) in [5.74, 6) is 1.84. The Labute approximate surface area is 101 Å². The fraction of sp³-hybridized carbons (Fsp3) is 0.308. The number of nitrogens with one attached hydrogen (secondary N) is 1. The molecule has 3 N–H and O–H groups in total. The molecule has 90 valence electrons. The number of aromatic nitrogens is 2. The number of aromatic amines is 1. The highest BCUT2D eigenvalue weighted by molar-refractivity contribution is 5.60. The third-order valence-electron chi connectivity index (χ3n) is 2.34. The summed E-state index contributed by atoms with van der Waals surface area (Å²) in [4.78, 5) is 6.95. The van der Waals surface area contributed by atoms with Crippen LogP contribution in [0, 0.1) is 5.92 Å². The van der Waals surface area contributed by atoms with E-state index in [1.165, 1.54) is 0 Å². The average Bonchev–Trinajstić information content (AvgIpc) is 2.74. The first-order chi connectivity index (χ1) is 8.15. The number of anilines is 1. The Balaban J connectivity index is 2.07. The molecule has 0 atom stereocenters. The second-order valence-corrected chi connectivity index (χ2v) is 4.41. The van der Waals surface area contributed by atoms with Crippen LogP contribution in [-0.2, 0) is 0 Å². The number of ether oxygens (including phenoxy) is 1. The molecule has 1 aromatic carbocycles. The van der Waals surface area contributed by atoms with Crippen molar-refractivity contribution in [1.82, 2.24) is 9.97 Å². The number of H-pyrrole nitrogens is 1. The molecule has 1 aromatic heterocycles. The number of nitrogens with zero attached hydrogens (tertiary/aromatic N) is 1. The number of nitrogens with two attached hydrogens (primary N) is 1. The van der Waals surface area contributed by atoms with Crippen LogP contribution in [0.15, 0.2) is 30.5 Å². The van der Waals surface area contributed by atoms with Crippen molar-refractivity contribution in [3.63, 3.8) is 0 Å². The Kier molecular flexibility index (Phi) is 3.32. The Morgan fingerprint density at radius 2 is 2.00 bits per heavy atom. The van der Waals surface area contributed by atoms with Gasteiger partial charge < -0.3 is 15.5 Å². The van der Waals surface area contributed by atoms with Gasteiger partial charge in [0.25, 0.3) is 0 Å². The zero-order chi connectivity index (χ0) is 12.3. The molecule has 0 radical (unpaired) electrons. The van der Waals surface area contributed by atoms with E-state index in [4.69, 9.17) is 10.5 Å². The molecule has 17 heavy (non-hydrogen) atoms. The van der Waals surface area contributed by atoms with Crippen molar-refractivity contribution in [1.29, 1.82) is 0 Å². The molecule has 2 aromatic rings. The molecule has 2 rings (SSSR count). The first kappa shape index (κ1) is 11.5. The SMILES string of the molecule is CC(C)COc1ccc(-c2cnc(N)[nH]2)cc1. The van der Waals surface area contributed by atoms with Gasteiger partial charge in [-0.1, -0.05) is 13.8 Å². The van der Waals surface area contributed by atoms with E-state index in [0.29, 0.717) is 11.9 Å². The minimum absolute atomic E-state index is 0.431. The van der Waals surface area contributed by atoms with Gasteiger partial charge >= 0.3 is 0 Å². The molecule has 0 unspecified atom stereocenters. The molecule has 0 fully saturated rings. The van der Waals surface area contributed by atoms with Crippen molar-refractivity contribution >= 4 is 5.95 Å². The standard InChI is InChI=1S/C13H17N3O/c1-9(2)8-17-11-5-3-10(4-6-11)12-7-15-13(14)16-12/h3-7,9H,8H2,1-2H3,(H3,14,15,16). The van der Waals surface area contributed by atoms with Gasteiger partial charge in [0.15, 0.2) is 5.95 Å². The minimum atomic E-state index is 0.431. The van der Waals surface area contributed by atoms with E-state index in [1.807, 2.05) is 24.3 Å². The van der Waals surface area contributed by atoms with E-state index in [-0.39, 0.29) is 0 Å². The summed E-state index contributed by atoms with van der Waals surface area (Å²) in [6.45, 7) is 4.99. The lowest BCUT2D eigenvalue weighted by molar-refractivity contribution is 0.271. The maximum Gasteiger partial charge on any atom is 0.197 e. The van der Waals surface area contributed by atoms with E-state index in [9.17, 15) is 0 Å². The van der Waals surface area contributed by atoms with Crippen LogP contribution >= 0.6 is 0 Å². The fourth-order valence-corrected chi connectivity index (χ4v) is 1.48. The van der Waals surface area contributed by atoms with Gasteiger partial charge in [-0.3, -0.25) is 0 Å². The van der Waals surface area contributed by atoms with E-state index in [1.54, 1.807) is 6.20 Å². The molecule has 0 bridgehead atoms. The predicted molar refractivity (Wildman–Crippen MR) is 68.8 cm³/mol. The van der Waals surface area contributed by atoms with Crippen LogP contribution < -0.4 is 10.5 Å². The van der Waals surface area contributed by atoms with Crippen molar-refractivity contribution in [3.8, 4) is 17.0 Å². The molecular formula is C13H17N3O. The van der Waals surface area contributed by atoms with Gasteiger partial charge in [0.1, 0.15) is 5.75 Å². The topological polar surface area (TPSA) is 63.9 Å². The molecule has 4 nitrogen and oxygen atoms in total. The predicted octanol–water partition coefficient (Wildman–Crippen LogP) is 2.69. The van der Waals surface area contributed by atoms with Gasteiger partial charge in [0.2, 0.25) is 0 Å². The highest BCUT2D eigenvalue weighted by Crippen LogP contribution is 2.21. The minimum Gasteiger partial charge on any atom is -0.493 e. The summed E-state index contributed by atoms with van der Waals surface area (Å²) < 4.78 is 5.61. The van der Waals surface area contributed by atoms with Crippen molar-refractivity contribution in [2.24, 2.45) is 5.92 Å². The average molecular weight is 231 g/mol. The molecule has 4 heteroatoms. The molecule has 0 spiro atoms. The Morgan fingerprint density at radius 3 is 2.53 bits per heavy atom. The molecule has 0 aliphatic rings. The lowest BCUT2D eigenvalue weighted by Crippen LogP contribution is -2.04. The summed E-state index contributed by atoms with van der Waals surface area (Å²) in [6.07, 6.45) is 1.72. The fourth-order valence-electron chi connectivity index (χ4n) is 1.48. The van der Waals surface area contributed by atoms with E-state index >= 15 is 0 Å². The molecule has 0 aliphatic carbocycles. The lowest BCUT2D eigenvalue weighted by Gasteiger charge is -2.08. The zero-order valence-corrected chi connectivity index (χ0v) is 10.1. The normalized spacial score (nSPS) is 10.8. The van der Waals surface area contributed by atoms with E-state index < -0.39 is 0 Å². The van der Waals surface area contributed by atoms with E-state index in [0.717, 1.165) is 23.6 Å². The van der Waals surface area contributed by atoms with Crippen LogP contribution in [0.25, 0.3) is 11.3 Å². The number of imidazole rings is 1. The van der Waals surface area contributed by atoms with Gasteiger partial charge in [-0.25, -0.2) is 4.98 Å². The van der Waals surface area contributed by atoms with Gasteiger partial charge in [-0.15, -0.1) is 0 Å². The van der Waals surface area contributed by atoms with Crippen molar-refractivity contribution < 1.29 is 4.74 Å². The monoisotopic (exact) mass is 231 g/mol. The van der Waals surface area contributed by atoms with Gasteiger partial charge in [0.05, 0.1) is 18.5 Å². The highest BCUT2D eigenvalue weighted by atomic mass is 16.5. The maximum absolute atomic E-state index is 5.61. The van der Waals surface area contributed by atoms with Crippen molar-refractivity contribution in [2.45, 2.75) is 13.8 Å². The van der Waals surface area contributed by atoms with Crippen LogP contribution in [-0.4, -0.2) is 16.6 Å². The smallest absolute Gasteiger partial charge is 0.197 e. The second kappa shape index (κ2) is 4.91. The maximum atomic E-state index is 5.61. The second-order valence-electron chi connectivity index (χ2n) is 4.41. The molecule has 1 heterocycles. The number of benzene rings is 1. The van der Waals surface area contributed by atoms with Crippen LogP contribution in [0.1, 0.15) is 13.8 Å². The number of rotatable bonds is 4. The summed E-state index contributed by atoms with van der Waals surface area (Å²) in [6, 6.07) is 7.88. The quantitative estimate of drug-likeness (QED) is 0.850. The Hall–Kier alpha value is -1.97. The zero-order valence-electron chi connectivity index (χ0n) is 10.1. The summed E-state index contributed by atoms with van der Waals surface area (Å²) in [5.41, 5.74) is 7.50. The molecule has 0 saturated carbocycles. The third kappa shape index (κ3) is 3.00. The molecule has 0 amide bonds. The Bertz CT molecular complexity index is 474. The van der Waals surface area contributed by atoms with Crippen LogP contribution in [0.3, 0.4) is 0 Å². The highest BCUT2D eigenvalue weighted by Gasteiger charge is 2.02. The number of nitrogen functional groups attached to an aromatic ring is 1. The number of hydrogen-bond donors (Lipinski definition) is 2. The molecule has 0 aliphatic heterocycles. The summed E-state index contributed by atoms with van der Waals surface area (Å²) in [5, 5.41) is 0. The lowest BCUT2D eigenvalue weighted by atomic mass is 10.1. The molecule has 0 saturated heterocycles. The summed E-state index contributed by atoms with van der Waals surface area (Å²) >= 11 is 0. The summed E-state index contributed by atoms with van der Waals surface area (Å²) in [7, 11) is 0. The first-order valence-electron chi connectivity index (χ1n) is 5.69. The van der Waals surface area contributed by atoms with Crippen molar-refractivity contribution in [2.75, 3.05) is 12.3 Å². The van der Waals surface area contributed by atoms with Gasteiger partial charge in [0, 0.05) is 0 Å². The van der Waals surface area contributed by atoms with Crippen LogP contribution in [0.4, 0.5) is 5.95 Å². The first-order valence-corrected chi connectivity index (χ1v) is 5.69. The molecular weight excluding hydrogens is 214 g/mol. The van der Waals surface area contributed by atoms with Crippen LogP contribution in [0.5, 0.6) is 5.75 Å². The van der Waals surface area contributed by atoms with E-state index in [2.05, 4.69) is 23.8 Å². The third-order valence-corrected chi connectivity index (χ3v) is 2.34. The van der Waals surface area contributed by atoms with Gasteiger partial charge in [-0.05, 0) is 35.7 Å². The van der Waals surface area contributed by atoms with Crippen molar-refractivity contribution in [3.05, 3.63) is 30.5 Å². The van der Waals surface area contributed by atoms with Crippen LogP contribution in [0.2, 0.25) is 0 Å².